The molecule has 1 aliphatic rings. The Morgan fingerprint density at radius 2 is 1.76 bits per heavy atom. The van der Waals surface area contributed by atoms with Crippen molar-refractivity contribution in [3.8, 4) is 17.1 Å². The van der Waals surface area contributed by atoms with Crippen molar-refractivity contribution in [2.45, 2.75) is 19.5 Å². The van der Waals surface area contributed by atoms with E-state index in [4.69, 9.17) is 4.98 Å². The van der Waals surface area contributed by atoms with Crippen LogP contribution in [-0.4, -0.2) is 31.2 Å². The molecule has 1 aliphatic heterocycles. The average molecular weight is 383 g/mol. The minimum Gasteiger partial charge on any atom is -0.306 e. The van der Waals surface area contributed by atoms with E-state index in [-0.39, 0.29) is 5.56 Å². The third kappa shape index (κ3) is 3.62. The standard InChI is InChI=1S/C23H21N5O/c29-23-20-16-27(14-17-13-24-28(15-17)19-9-5-2-6-10-19)12-11-21(20)25-22(26-23)18-7-3-1-4-8-18/h1-10,13,15H,11-12,14,16H2,(H,25,26,29). The lowest BCUT2D eigenvalue weighted by Crippen LogP contribution is -2.35. The van der Waals surface area contributed by atoms with Gasteiger partial charge in [-0.15, -0.1) is 0 Å². The van der Waals surface area contributed by atoms with Gasteiger partial charge in [0.1, 0.15) is 5.82 Å². The van der Waals surface area contributed by atoms with Crippen molar-refractivity contribution in [1.82, 2.24) is 24.6 Å². The number of rotatable bonds is 4. The van der Waals surface area contributed by atoms with Gasteiger partial charge in [-0.05, 0) is 12.1 Å². The second-order valence-electron chi connectivity index (χ2n) is 7.30. The van der Waals surface area contributed by atoms with E-state index in [0.29, 0.717) is 12.4 Å². The summed E-state index contributed by atoms with van der Waals surface area (Å²) in [7, 11) is 0. The molecule has 0 aliphatic carbocycles. The molecular formula is C23H21N5O. The fraction of sp³-hybridized carbons (Fsp3) is 0.174. The normalized spacial score (nSPS) is 13.9. The van der Waals surface area contributed by atoms with Crippen molar-refractivity contribution >= 4 is 0 Å². The third-order valence-corrected chi connectivity index (χ3v) is 5.26. The lowest BCUT2D eigenvalue weighted by Gasteiger charge is -2.27. The Morgan fingerprint density at radius 1 is 1.00 bits per heavy atom. The van der Waals surface area contributed by atoms with Gasteiger partial charge in [0, 0.05) is 43.4 Å². The molecule has 1 N–H and O–H groups in total. The monoisotopic (exact) mass is 383 g/mol. The van der Waals surface area contributed by atoms with Gasteiger partial charge < -0.3 is 4.98 Å². The van der Waals surface area contributed by atoms with Crippen molar-refractivity contribution < 1.29 is 0 Å². The summed E-state index contributed by atoms with van der Waals surface area (Å²) in [5.41, 5.74) is 4.73. The summed E-state index contributed by atoms with van der Waals surface area (Å²) >= 11 is 0. The summed E-state index contributed by atoms with van der Waals surface area (Å²) in [6.45, 7) is 2.23. The number of H-pyrrole nitrogens is 1. The zero-order chi connectivity index (χ0) is 19.6. The number of nitrogens with zero attached hydrogens (tertiary/aromatic N) is 4. The molecule has 5 rings (SSSR count). The first-order chi connectivity index (χ1) is 14.3. The van der Waals surface area contributed by atoms with Gasteiger partial charge in [-0.3, -0.25) is 9.69 Å². The highest BCUT2D eigenvalue weighted by atomic mass is 16.1. The van der Waals surface area contributed by atoms with Crippen LogP contribution in [0.3, 0.4) is 0 Å². The van der Waals surface area contributed by atoms with Crippen molar-refractivity contribution in [2.75, 3.05) is 6.54 Å². The Balaban J connectivity index is 1.34. The molecule has 0 spiro atoms. The topological polar surface area (TPSA) is 66.8 Å². The first-order valence-corrected chi connectivity index (χ1v) is 9.75. The Bertz CT molecular complexity index is 1180. The molecule has 144 valence electrons. The van der Waals surface area contributed by atoms with Crippen LogP contribution in [0.2, 0.25) is 0 Å². The Hall–Kier alpha value is -3.51. The maximum atomic E-state index is 12.7. The van der Waals surface area contributed by atoms with Crippen molar-refractivity contribution in [2.24, 2.45) is 0 Å². The van der Waals surface area contributed by atoms with Crippen LogP contribution in [0.25, 0.3) is 17.1 Å². The minimum absolute atomic E-state index is 0.0430. The number of hydrogen-bond acceptors (Lipinski definition) is 4. The second-order valence-corrected chi connectivity index (χ2v) is 7.30. The first kappa shape index (κ1) is 17.6. The van der Waals surface area contributed by atoms with Gasteiger partial charge in [0.15, 0.2) is 0 Å². The van der Waals surface area contributed by atoms with Crippen molar-refractivity contribution in [1.29, 1.82) is 0 Å². The molecule has 0 saturated heterocycles. The molecule has 0 saturated carbocycles. The van der Waals surface area contributed by atoms with Crippen LogP contribution >= 0.6 is 0 Å². The molecule has 29 heavy (non-hydrogen) atoms. The van der Waals surface area contributed by atoms with Gasteiger partial charge in [-0.2, -0.15) is 5.10 Å². The highest BCUT2D eigenvalue weighted by Crippen LogP contribution is 2.20. The van der Waals surface area contributed by atoms with Crippen LogP contribution < -0.4 is 5.56 Å². The summed E-state index contributed by atoms with van der Waals surface area (Å²) < 4.78 is 1.88. The van der Waals surface area contributed by atoms with E-state index in [2.05, 4.69) is 15.0 Å². The Morgan fingerprint density at radius 3 is 2.55 bits per heavy atom. The maximum Gasteiger partial charge on any atom is 0.255 e. The van der Waals surface area contributed by atoms with Gasteiger partial charge >= 0.3 is 0 Å². The minimum atomic E-state index is -0.0430. The molecule has 0 bridgehead atoms. The van der Waals surface area contributed by atoms with E-state index in [1.807, 2.05) is 77.7 Å². The van der Waals surface area contributed by atoms with Crippen LogP contribution in [0, 0.1) is 0 Å². The lowest BCUT2D eigenvalue weighted by atomic mass is 10.1. The summed E-state index contributed by atoms with van der Waals surface area (Å²) in [5, 5.41) is 4.47. The third-order valence-electron chi connectivity index (χ3n) is 5.26. The Kier molecular flexibility index (Phi) is 4.54. The van der Waals surface area contributed by atoms with Gasteiger partial charge in [-0.1, -0.05) is 48.5 Å². The molecule has 2 aromatic carbocycles. The number of aromatic amines is 1. The van der Waals surface area contributed by atoms with Gasteiger partial charge in [0.25, 0.3) is 5.56 Å². The van der Waals surface area contributed by atoms with Crippen molar-refractivity contribution in [3.05, 3.63) is 100 Å². The first-order valence-electron chi connectivity index (χ1n) is 9.75. The molecule has 0 atom stereocenters. The average Bonchev–Trinajstić information content (AvgIpc) is 3.24. The summed E-state index contributed by atoms with van der Waals surface area (Å²) in [6, 6.07) is 19.8. The number of fused-ring (bicyclic) bond motifs is 1. The van der Waals surface area contributed by atoms with Crippen molar-refractivity contribution in [3.63, 3.8) is 0 Å². The zero-order valence-corrected chi connectivity index (χ0v) is 16.0. The fourth-order valence-electron chi connectivity index (χ4n) is 3.77. The molecule has 0 unspecified atom stereocenters. The molecule has 6 nitrogen and oxygen atoms in total. The second kappa shape index (κ2) is 7.48. The van der Waals surface area contributed by atoms with E-state index < -0.39 is 0 Å². The molecule has 0 amide bonds. The van der Waals surface area contributed by atoms with Crippen LogP contribution in [0.1, 0.15) is 16.8 Å². The van der Waals surface area contributed by atoms with Crippen LogP contribution in [0.15, 0.2) is 77.9 Å². The number of nitrogens with one attached hydrogen (secondary N) is 1. The zero-order valence-electron chi connectivity index (χ0n) is 16.0. The molecule has 6 heteroatoms. The van der Waals surface area contributed by atoms with E-state index in [0.717, 1.165) is 47.6 Å². The summed E-state index contributed by atoms with van der Waals surface area (Å²) in [6.07, 6.45) is 4.71. The van der Waals surface area contributed by atoms with Gasteiger partial charge in [0.2, 0.25) is 0 Å². The van der Waals surface area contributed by atoms with Crippen LogP contribution in [-0.2, 0) is 19.5 Å². The molecular weight excluding hydrogens is 362 g/mol. The number of benzene rings is 2. The molecule has 3 heterocycles. The van der Waals surface area contributed by atoms with Crippen LogP contribution in [0.5, 0.6) is 0 Å². The number of hydrogen-bond donors (Lipinski definition) is 1. The van der Waals surface area contributed by atoms with Gasteiger partial charge in [-0.25, -0.2) is 9.67 Å². The predicted molar refractivity (Wildman–Crippen MR) is 112 cm³/mol. The Labute approximate surface area is 168 Å². The lowest BCUT2D eigenvalue weighted by molar-refractivity contribution is 0.242. The SMILES string of the molecule is O=c1[nH]c(-c2ccccc2)nc2c1CN(Cc1cnn(-c3ccccc3)c1)CC2. The highest BCUT2D eigenvalue weighted by molar-refractivity contribution is 5.54. The number of para-hydroxylation sites is 1. The predicted octanol–water partition coefficient (Wildman–Crippen LogP) is 3.18. The summed E-state index contributed by atoms with van der Waals surface area (Å²) in [5.74, 6) is 0.645. The van der Waals surface area contributed by atoms with E-state index in [1.165, 1.54) is 0 Å². The molecule has 0 fully saturated rings. The molecule has 0 radical (unpaired) electrons. The van der Waals surface area contributed by atoms with E-state index in [9.17, 15) is 4.79 Å². The summed E-state index contributed by atoms with van der Waals surface area (Å²) in [4.78, 5) is 22.7. The fourth-order valence-corrected chi connectivity index (χ4v) is 3.77. The molecule has 4 aromatic rings. The smallest absolute Gasteiger partial charge is 0.255 e. The quantitative estimate of drug-likeness (QED) is 0.588. The highest BCUT2D eigenvalue weighted by Gasteiger charge is 2.22. The van der Waals surface area contributed by atoms with Gasteiger partial charge in [0.05, 0.1) is 23.1 Å². The van der Waals surface area contributed by atoms with E-state index >= 15 is 0 Å². The number of aromatic nitrogens is 4. The van der Waals surface area contributed by atoms with Crippen LogP contribution in [0.4, 0.5) is 0 Å². The molecule has 2 aromatic heterocycles. The maximum absolute atomic E-state index is 12.7. The largest absolute Gasteiger partial charge is 0.306 e. The van der Waals surface area contributed by atoms with E-state index in [1.54, 1.807) is 0 Å².